The van der Waals surface area contributed by atoms with E-state index in [1.807, 2.05) is 30.3 Å². The average Bonchev–Trinajstić information content (AvgIpc) is 2.52. The van der Waals surface area contributed by atoms with E-state index in [1.165, 1.54) is 0 Å². The number of halogens is 2. The Morgan fingerprint density at radius 1 is 1.25 bits per heavy atom. The fourth-order valence-electron chi connectivity index (χ4n) is 1.99. The normalized spacial score (nSPS) is 11.6. The highest BCUT2D eigenvalue weighted by Gasteiger charge is 2.28. The highest BCUT2D eigenvalue weighted by Crippen LogP contribution is 2.21. The molecule has 0 aliphatic heterocycles. The summed E-state index contributed by atoms with van der Waals surface area (Å²) in [5.41, 5.74) is 1.22. The summed E-state index contributed by atoms with van der Waals surface area (Å²) in [5.74, 6) is -0.0654. The second-order valence-corrected chi connectivity index (χ2v) is 5.85. The van der Waals surface area contributed by atoms with Gasteiger partial charge in [-0.15, -0.1) is 0 Å². The minimum Gasteiger partial charge on any atom is -0.345 e. The SMILES string of the molecule is CCC(CBr)(CBr)NC(=O)c1cccc2ncccc12. The first kappa shape index (κ1) is 15.4. The number of carbonyl (C=O) groups is 1. The molecule has 5 heteroatoms. The minimum atomic E-state index is -0.276. The van der Waals surface area contributed by atoms with E-state index in [4.69, 9.17) is 0 Å². The van der Waals surface area contributed by atoms with Crippen LogP contribution in [0.3, 0.4) is 0 Å². The summed E-state index contributed by atoms with van der Waals surface area (Å²) in [7, 11) is 0. The second-order valence-electron chi connectivity index (χ2n) is 4.73. The summed E-state index contributed by atoms with van der Waals surface area (Å²) >= 11 is 6.97. The Kier molecular flexibility index (Phi) is 5.16. The predicted octanol–water partition coefficient (Wildman–Crippen LogP) is 3.90. The zero-order valence-corrected chi connectivity index (χ0v) is 14.4. The van der Waals surface area contributed by atoms with Crippen LogP contribution in [-0.2, 0) is 0 Å². The van der Waals surface area contributed by atoms with Crippen LogP contribution in [0, 0.1) is 0 Å². The van der Waals surface area contributed by atoms with Crippen molar-refractivity contribution in [2.24, 2.45) is 0 Å². The van der Waals surface area contributed by atoms with E-state index in [2.05, 4.69) is 49.1 Å². The number of hydrogen-bond donors (Lipinski definition) is 1. The molecule has 0 atom stereocenters. The lowest BCUT2D eigenvalue weighted by atomic mass is 10.00. The lowest BCUT2D eigenvalue weighted by Crippen LogP contribution is -2.51. The van der Waals surface area contributed by atoms with Gasteiger partial charge in [0.25, 0.3) is 5.91 Å². The average molecular weight is 400 g/mol. The van der Waals surface area contributed by atoms with Gasteiger partial charge in [0.1, 0.15) is 0 Å². The van der Waals surface area contributed by atoms with Crippen molar-refractivity contribution in [2.75, 3.05) is 10.7 Å². The molecule has 3 nitrogen and oxygen atoms in total. The van der Waals surface area contributed by atoms with Crippen LogP contribution in [0.15, 0.2) is 36.5 Å². The van der Waals surface area contributed by atoms with Gasteiger partial charge in [0.05, 0.1) is 11.1 Å². The minimum absolute atomic E-state index is 0.0654. The predicted molar refractivity (Wildman–Crippen MR) is 89.8 cm³/mol. The molecule has 0 aliphatic carbocycles. The third-order valence-corrected chi connectivity index (χ3v) is 5.60. The molecule has 1 aromatic heterocycles. The molecule has 0 spiro atoms. The number of aromatic nitrogens is 1. The summed E-state index contributed by atoms with van der Waals surface area (Å²) in [5, 5.41) is 5.41. The fraction of sp³-hybridized carbons (Fsp3) is 0.333. The van der Waals surface area contributed by atoms with Crippen LogP contribution in [0.5, 0.6) is 0 Å². The van der Waals surface area contributed by atoms with Gasteiger partial charge in [0.15, 0.2) is 0 Å². The zero-order chi connectivity index (χ0) is 14.6. The Labute approximate surface area is 135 Å². The number of rotatable bonds is 5. The monoisotopic (exact) mass is 398 g/mol. The summed E-state index contributed by atoms with van der Waals surface area (Å²) < 4.78 is 0. The summed E-state index contributed by atoms with van der Waals surface area (Å²) in [6, 6.07) is 9.38. The van der Waals surface area contributed by atoms with E-state index in [0.717, 1.165) is 17.3 Å². The van der Waals surface area contributed by atoms with Gasteiger partial charge in [-0.25, -0.2) is 0 Å². The van der Waals surface area contributed by atoms with Crippen molar-refractivity contribution in [3.63, 3.8) is 0 Å². The summed E-state index contributed by atoms with van der Waals surface area (Å²) in [6.45, 7) is 2.06. The van der Waals surface area contributed by atoms with Gasteiger partial charge in [0, 0.05) is 27.8 Å². The van der Waals surface area contributed by atoms with Crippen LogP contribution in [-0.4, -0.2) is 27.1 Å². The van der Waals surface area contributed by atoms with Gasteiger partial charge in [-0.3, -0.25) is 9.78 Å². The molecule has 0 unspecified atom stereocenters. The number of carbonyl (C=O) groups excluding carboxylic acids is 1. The summed E-state index contributed by atoms with van der Waals surface area (Å²) in [6.07, 6.45) is 2.58. The van der Waals surface area contributed by atoms with Crippen LogP contribution in [0.4, 0.5) is 0 Å². The highest BCUT2D eigenvalue weighted by molar-refractivity contribution is 9.09. The van der Waals surface area contributed by atoms with Gasteiger partial charge in [0.2, 0.25) is 0 Å². The largest absolute Gasteiger partial charge is 0.345 e. The molecular weight excluding hydrogens is 384 g/mol. The molecule has 0 bridgehead atoms. The Morgan fingerprint density at radius 3 is 2.65 bits per heavy atom. The number of amides is 1. The van der Waals surface area contributed by atoms with E-state index < -0.39 is 0 Å². The van der Waals surface area contributed by atoms with Crippen molar-refractivity contribution in [3.05, 3.63) is 42.1 Å². The van der Waals surface area contributed by atoms with E-state index in [0.29, 0.717) is 16.2 Å². The lowest BCUT2D eigenvalue weighted by Gasteiger charge is -2.30. The number of nitrogens with zero attached hydrogens (tertiary/aromatic N) is 1. The number of hydrogen-bond acceptors (Lipinski definition) is 2. The van der Waals surface area contributed by atoms with Crippen LogP contribution in [0.25, 0.3) is 10.9 Å². The number of benzene rings is 1. The Balaban J connectivity index is 2.37. The third-order valence-electron chi connectivity index (χ3n) is 3.46. The molecule has 1 aromatic carbocycles. The first-order chi connectivity index (χ1) is 9.65. The molecule has 1 amide bonds. The molecule has 0 fully saturated rings. The second kappa shape index (κ2) is 6.68. The fourth-order valence-corrected chi connectivity index (χ4v) is 3.99. The molecule has 0 saturated carbocycles. The van der Waals surface area contributed by atoms with E-state index in [-0.39, 0.29) is 11.4 Å². The van der Waals surface area contributed by atoms with E-state index >= 15 is 0 Å². The maximum atomic E-state index is 12.6. The molecular formula is C15H16Br2N2O. The van der Waals surface area contributed by atoms with Crippen molar-refractivity contribution >= 4 is 48.7 Å². The lowest BCUT2D eigenvalue weighted by molar-refractivity contribution is 0.0917. The quantitative estimate of drug-likeness (QED) is 0.774. The van der Waals surface area contributed by atoms with Crippen molar-refractivity contribution in [2.45, 2.75) is 18.9 Å². The van der Waals surface area contributed by atoms with Crippen LogP contribution < -0.4 is 5.32 Å². The maximum absolute atomic E-state index is 12.6. The van der Waals surface area contributed by atoms with Gasteiger partial charge in [-0.05, 0) is 24.6 Å². The molecule has 106 valence electrons. The third kappa shape index (κ3) is 3.04. The highest BCUT2D eigenvalue weighted by atomic mass is 79.9. The van der Waals surface area contributed by atoms with Crippen molar-refractivity contribution < 1.29 is 4.79 Å². The number of fused-ring (bicyclic) bond motifs is 1. The van der Waals surface area contributed by atoms with Gasteiger partial charge < -0.3 is 5.32 Å². The molecule has 0 aliphatic rings. The van der Waals surface area contributed by atoms with Crippen molar-refractivity contribution in [1.29, 1.82) is 0 Å². The standard InChI is InChI=1S/C15H16Br2N2O/c1-2-15(9-16,10-17)19-14(20)12-5-3-7-13-11(12)6-4-8-18-13/h3-8H,2,9-10H2,1H3,(H,19,20). The number of alkyl halides is 2. The van der Waals surface area contributed by atoms with Crippen molar-refractivity contribution in [1.82, 2.24) is 10.3 Å². The van der Waals surface area contributed by atoms with E-state index in [1.54, 1.807) is 6.20 Å². The van der Waals surface area contributed by atoms with Crippen LogP contribution >= 0.6 is 31.9 Å². The number of nitrogens with one attached hydrogen (secondary N) is 1. The molecule has 2 aromatic rings. The maximum Gasteiger partial charge on any atom is 0.252 e. The Hall–Kier alpha value is -0.940. The topological polar surface area (TPSA) is 42.0 Å². The van der Waals surface area contributed by atoms with E-state index in [9.17, 15) is 4.79 Å². The molecule has 1 heterocycles. The molecule has 1 N–H and O–H groups in total. The molecule has 0 radical (unpaired) electrons. The molecule has 0 saturated heterocycles. The Morgan fingerprint density at radius 2 is 2.00 bits per heavy atom. The molecule has 2 rings (SSSR count). The molecule has 20 heavy (non-hydrogen) atoms. The van der Waals surface area contributed by atoms with Gasteiger partial charge in [-0.2, -0.15) is 0 Å². The van der Waals surface area contributed by atoms with Gasteiger partial charge >= 0.3 is 0 Å². The number of pyridine rings is 1. The first-order valence-electron chi connectivity index (χ1n) is 6.44. The van der Waals surface area contributed by atoms with Crippen LogP contribution in [0.1, 0.15) is 23.7 Å². The van der Waals surface area contributed by atoms with Crippen LogP contribution in [0.2, 0.25) is 0 Å². The smallest absolute Gasteiger partial charge is 0.252 e. The first-order valence-corrected chi connectivity index (χ1v) is 8.68. The van der Waals surface area contributed by atoms with Crippen molar-refractivity contribution in [3.8, 4) is 0 Å². The Bertz CT molecular complexity index is 598. The summed E-state index contributed by atoms with van der Waals surface area (Å²) in [4.78, 5) is 16.9. The van der Waals surface area contributed by atoms with Gasteiger partial charge in [-0.1, -0.05) is 50.9 Å². The zero-order valence-electron chi connectivity index (χ0n) is 11.2.